The van der Waals surface area contributed by atoms with Gasteiger partial charge in [-0.2, -0.15) is 4.31 Å². The topological polar surface area (TPSA) is 115 Å². The van der Waals surface area contributed by atoms with Gasteiger partial charge in [-0.25, -0.2) is 17.6 Å². The summed E-state index contributed by atoms with van der Waals surface area (Å²) in [6.07, 6.45) is 0.950. The van der Waals surface area contributed by atoms with Crippen LogP contribution in [-0.4, -0.2) is 67.1 Å². The second-order valence-corrected chi connectivity index (χ2v) is 13.0. The molecular weight excluding hydrogens is 559 g/mol. The van der Waals surface area contributed by atoms with Crippen LogP contribution in [0.4, 0.5) is 14.9 Å². The van der Waals surface area contributed by atoms with Gasteiger partial charge < -0.3 is 25.0 Å². The van der Waals surface area contributed by atoms with Gasteiger partial charge in [-0.1, -0.05) is 17.7 Å². The van der Waals surface area contributed by atoms with Gasteiger partial charge in [0.05, 0.1) is 24.7 Å². The van der Waals surface area contributed by atoms with Gasteiger partial charge in [0.15, 0.2) is 0 Å². The maximum Gasteiger partial charge on any atom is 0.322 e. The van der Waals surface area contributed by atoms with Crippen LogP contribution < -0.4 is 10.1 Å². The zero-order chi connectivity index (χ0) is 29.6. The number of aromatic nitrogens is 1. The van der Waals surface area contributed by atoms with Crippen molar-refractivity contribution < 1.29 is 27.4 Å². The third kappa shape index (κ3) is 4.81. The second-order valence-electron chi connectivity index (χ2n) is 11.1. The van der Waals surface area contributed by atoms with Crippen LogP contribution in [0.3, 0.4) is 0 Å². The fourth-order valence-electron chi connectivity index (χ4n) is 6.37. The average molecular weight is 593 g/mol. The molecule has 9 nitrogen and oxygen atoms in total. The summed E-state index contributed by atoms with van der Waals surface area (Å²) in [5.74, 6) is 0.254. The highest BCUT2D eigenvalue weighted by Gasteiger charge is 2.50. The van der Waals surface area contributed by atoms with Crippen LogP contribution >= 0.6 is 0 Å². The van der Waals surface area contributed by atoms with E-state index < -0.39 is 33.3 Å². The number of ether oxygens (including phenoxy) is 1. The number of H-pyrrole nitrogens is 1. The number of nitrogens with zero attached hydrogens (tertiary/aromatic N) is 2. The Hall–Kier alpha value is -3.93. The van der Waals surface area contributed by atoms with E-state index in [1.807, 2.05) is 25.1 Å². The van der Waals surface area contributed by atoms with Gasteiger partial charge >= 0.3 is 6.03 Å². The Morgan fingerprint density at radius 1 is 1.10 bits per heavy atom. The normalized spacial score (nSPS) is 18.7. The lowest BCUT2D eigenvalue weighted by atomic mass is 9.68. The highest BCUT2D eigenvalue weighted by molar-refractivity contribution is 7.89. The number of hydrogen-bond acceptors (Lipinski definition) is 5. The number of urea groups is 1. The molecule has 3 aromatic carbocycles. The minimum atomic E-state index is -3.69. The van der Waals surface area contributed by atoms with Crippen molar-refractivity contribution in [3.8, 4) is 5.75 Å². The number of methoxy groups -OCH3 is 1. The molecule has 0 unspecified atom stereocenters. The minimum absolute atomic E-state index is 0.258. The Balaban J connectivity index is 1.38. The molecule has 0 aliphatic carbocycles. The van der Waals surface area contributed by atoms with Gasteiger partial charge in [-0.15, -0.1) is 0 Å². The van der Waals surface area contributed by atoms with Crippen LogP contribution in [-0.2, 0) is 15.4 Å². The van der Waals surface area contributed by atoms with Crippen LogP contribution in [0.1, 0.15) is 35.7 Å². The number of aliphatic hydroxyl groups excluding tert-OH is 1. The molecule has 6 rings (SSSR count). The molecule has 0 saturated carbocycles. The largest absolute Gasteiger partial charge is 0.497 e. The molecule has 1 spiro atoms. The summed E-state index contributed by atoms with van der Waals surface area (Å²) in [4.78, 5) is 19.0. The number of piperidine rings is 1. The van der Waals surface area contributed by atoms with E-state index in [1.54, 1.807) is 36.3 Å². The van der Waals surface area contributed by atoms with E-state index in [9.17, 15) is 22.7 Å². The fourth-order valence-corrected chi connectivity index (χ4v) is 7.81. The van der Waals surface area contributed by atoms with Gasteiger partial charge in [0, 0.05) is 53.4 Å². The van der Waals surface area contributed by atoms with Crippen molar-refractivity contribution in [2.75, 3.05) is 38.7 Å². The monoisotopic (exact) mass is 592 g/mol. The van der Waals surface area contributed by atoms with E-state index >= 15 is 0 Å². The van der Waals surface area contributed by atoms with E-state index in [1.165, 1.54) is 28.6 Å². The Bertz CT molecular complexity index is 1730. The van der Waals surface area contributed by atoms with Crippen LogP contribution in [0.15, 0.2) is 71.6 Å². The molecule has 11 heteroatoms. The summed E-state index contributed by atoms with van der Waals surface area (Å²) in [6, 6.07) is 17.0. The number of aromatic amines is 1. The second kappa shape index (κ2) is 10.7. The van der Waals surface area contributed by atoms with Gasteiger partial charge in [-0.3, -0.25) is 0 Å². The predicted molar refractivity (Wildman–Crippen MR) is 158 cm³/mol. The molecular formula is C31H33FN4O5S. The number of fused-ring (bicyclic) bond motifs is 4. The number of rotatable bonds is 5. The Kier molecular flexibility index (Phi) is 7.20. The van der Waals surface area contributed by atoms with Crippen molar-refractivity contribution in [1.82, 2.24) is 14.2 Å². The molecule has 2 aliphatic heterocycles. The van der Waals surface area contributed by atoms with Crippen LogP contribution in [0.25, 0.3) is 10.9 Å². The number of hydrogen-bond donors (Lipinski definition) is 3. The molecule has 0 radical (unpaired) electrons. The summed E-state index contributed by atoms with van der Waals surface area (Å²) < 4.78 is 47.5. The van der Waals surface area contributed by atoms with Crippen molar-refractivity contribution in [1.29, 1.82) is 0 Å². The first-order chi connectivity index (χ1) is 20.1. The van der Waals surface area contributed by atoms with Gasteiger partial charge in [-0.05, 0) is 73.9 Å². The Morgan fingerprint density at radius 3 is 2.43 bits per heavy atom. The molecule has 0 bridgehead atoms. The summed E-state index contributed by atoms with van der Waals surface area (Å²) in [6.45, 7) is 2.41. The number of carbonyl (C=O) groups excluding carboxylic acids is 1. The summed E-state index contributed by atoms with van der Waals surface area (Å²) >= 11 is 0. The third-order valence-electron chi connectivity index (χ3n) is 8.62. The maximum absolute atomic E-state index is 13.7. The van der Waals surface area contributed by atoms with Crippen molar-refractivity contribution in [2.45, 2.75) is 36.1 Å². The average Bonchev–Trinajstić information content (AvgIpc) is 3.38. The van der Waals surface area contributed by atoms with Gasteiger partial charge in [0.2, 0.25) is 10.0 Å². The number of aryl methyl sites for hydroxylation is 1. The van der Waals surface area contributed by atoms with E-state index in [0.29, 0.717) is 24.3 Å². The van der Waals surface area contributed by atoms with Crippen LogP contribution in [0.5, 0.6) is 5.75 Å². The molecule has 1 fully saturated rings. The standard InChI is InChI=1S/C31H33FN4O5S/c1-20-3-10-24(11-4-20)42(39,40)35-15-13-31(14-16-35)19-36(30(38)33-22-7-5-21(32)6-8-22)27(18-37)29-28(31)25-12-9-23(41-2)17-26(25)34-29/h3-12,17,27,34,37H,13-16,18-19H2,1-2H3,(H,33,38)/t27-/m1/s1. The summed E-state index contributed by atoms with van der Waals surface area (Å²) in [7, 11) is -2.10. The van der Waals surface area contributed by atoms with Crippen molar-refractivity contribution in [3.63, 3.8) is 0 Å². The molecule has 2 aliphatic rings. The number of aliphatic hydroxyl groups is 1. The van der Waals surface area contributed by atoms with Crippen molar-refractivity contribution in [2.24, 2.45) is 0 Å². The number of amides is 2. The zero-order valence-corrected chi connectivity index (χ0v) is 24.2. The maximum atomic E-state index is 13.7. The number of nitrogens with one attached hydrogen (secondary N) is 2. The number of benzene rings is 3. The Morgan fingerprint density at radius 2 is 1.79 bits per heavy atom. The molecule has 2 amide bonds. The van der Waals surface area contributed by atoms with E-state index in [0.717, 1.165) is 27.7 Å². The van der Waals surface area contributed by atoms with Gasteiger partial charge in [0.1, 0.15) is 11.6 Å². The first-order valence-corrected chi connectivity index (χ1v) is 15.3. The number of carbonyl (C=O) groups is 1. The lowest BCUT2D eigenvalue weighted by Crippen LogP contribution is -2.56. The molecule has 1 saturated heterocycles. The summed E-state index contributed by atoms with van der Waals surface area (Å²) in [5, 5.41) is 14.4. The van der Waals surface area contributed by atoms with Gasteiger partial charge in [0.25, 0.3) is 0 Å². The lowest BCUT2D eigenvalue weighted by Gasteiger charge is -2.49. The number of halogens is 1. The van der Waals surface area contributed by atoms with E-state index in [4.69, 9.17) is 4.74 Å². The number of sulfonamides is 1. The first kappa shape index (κ1) is 28.2. The molecule has 1 aromatic heterocycles. The van der Waals surface area contributed by atoms with E-state index in [-0.39, 0.29) is 31.1 Å². The molecule has 3 N–H and O–H groups in total. The molecule has 4 aromatic rings. The molecule has 3 heterocycles. The first-order valence-electron chi connectivity index (χ1n) is 13.9. The highest BCUT2D eigenvalue weighted by atomic mass is 32.2. The van der Waals surface area contributed by atoms with Crippen LogP contribution in [0, 0.1) is 12.7 Å². The quantitative estimate of drug-likeness (QED) is 0.304. The molecule has 42 heavy (non-hydrogen) atoms. The third-order valence-corrected chi connectivity index (χ3v) is 10.5. The highest BCUT2D eigenvalue weighted by Crippen LogP contribution is 2.49. The zero-order valence-electron chi connectivity index (χ0n) is 23.4. The van der Waals surface area contributed by atoms with Crippen molar-refractivity contribution in [3.05, 3.63) is 89.4 Å². The van der Waals surface area contributed by atoms with Crippen molar-refractivity contribution >= 4 is 32.6 Å². The predicted octanol–water partition coefficient (Wildman–Crippen LogP) is 4.93. The Labute approximate surface area is 244 Å². The fraction of sp³-hybridized carbons (Fsp3) is 0.323. The number of anilines is 1. The lowest BCUT2D eigenvalue weighted by molar-refractivity contribution is 0.0860. The van der Waals surface area contributed by atoms with E-state index in [2.05, 4.69) is 10.3 Å². The molecule has 220 valence electrons. The van der Waals surface area contributed by atoms with Crippen LogP contribution in [0.2, 0.25) is 0 Å². The smallest absolute Gasteiger partial charge is 0.322 e. The summed E-state index contributed by atoms with van der Waals surface area (Å²) in [5.41, 5.74) is 3.36. The molecule has 1 atom stereocenters. The minimum Gasteiger partial charge on any atom is -0.497 e. The SMILES string of the molecule is COc1ccc2c3c([nH]c2c1)[C@@H](CO)N(C(=O)Nc1ccc(F)cc1)CC31CCN(S(=O)(=O)c2ccc(C)cc2)CC1.